The monoisotopic (exact) mass is 432 g/mol. The van der Waals surface area contributed by atoms with Crippen LogP contribution in [0.3, 0.4) is 0 Å². The number of hydrogen-bond donors (Lipinski definition) is 1. The Morgan fingerprint density at radius 3 is 2.20 bits per heavy atom. The van der Waals surface area contributed by atoms with Crippen molar-refractivity contribution < 1.29 is 35.5 Å². The Hall–Kier alpha value is -3.04. The fraction of sp³-hybridized carbons (Fsp3) is 0.250. The summed E-state index contributed by atoms with van der Waals surface area (Å²) in [6.45, 7) is 2.95. The molecule has 1 atom stereocenters. The van der Waals surface area contributed by atoms with Gasteiger partial charge in [-0.1, -0.05) is 12.1 Å². The molecule has 0 aliphatic carbocycles. The van der Waals surface area contributed by atoms with Crippen LogP contribution in [0.15, 0.2) is 41.6 Å². The summed E-state index contributed by atoms with van der Waals surface area (Å²) in [5.74, 6) is -8.04. The molecule has 1 aliphatic rings. The second-order valence-electron chi connectivity index (χ2n) is 6.80. The van der Waals surface area contributed by atoms with E-state index in [1.165, 1.54) is 30.0 Å². The van der Waals surface area contributed by atoms with Crippen LogP contribution >= 0.6 is 0 Å². The summed E-state index contributed by atoms with van der Waals surface area (Å²) in [5.41, 5.74) is -2.36. The highest BCUT2D eigenvalue weighted by molar-refractivity contribution is 6.05. The zero-order valence-electron chi connectivity index (χ0n) is 15.7. The fourth-order valence-corrected chi connectivity index (χ4v) is 3.48. The number of para-hydroxylation sites is 1. The van der Waals surface area contributed by atoms with Crippen LogP contribution in [0.25, 0.3) is 0 Å². The highest BCUT2D eigenvalue weighted by Crippen LogP contribution is 2.42. The highest BCUT2D eigenvalue weighted by Gasteiger charge is 2.39. The molecule has 1 N–H and O–H groups in total. The van der Waals surface area contributed by atoms with E-state index in [1.54, 1.807) is 12.2 Å². The van der Waals surface area contributed by atoms with Gasteiger partial charge in [0, 0.05) is 29.8 Å². The Bertz CT molecular complexity index is 1020. The maximum Gasteiger partial charge on any atom is 0.418 e. The van der Waals surface area contributed by atoms with Gasteiger partial charge in [0.25, 0.3) is 5.91 Å². The summed E-state index contributed by atoms with van der Waals surface area (Å²) in [6, 6.07) is 4.18. The van der Waals surface area contributed by atoms with Crippen LogP contribution in [0.2, 0.25) is 0 Å². The molecule has 3 rings (SSSR count). The normalized spacial score (nSPS) is 17.0. The summed E-state index contributed by atoms with van der Waals surface area (Å²) in [7, 11) is 0. The first-order valence-electron chi connectivity index (χ1n) is 8.73. The molecule has 3 nitrogen and oxygen atoms in total. The molecular weight excluding hydrogens is 417 g/mol. The van der Waals surface area contributed by atoms with E-state index in [-0.39, 0.29) is 29.4 Å². The van der Waals surface area contributed by atoms with Crippen molar-refractivity contribution >= 4 is 17.3 Å². The van der Waals surface area contributed by atoms with Crippen LogP contribution in [0, 0.1) is 23.3 Å². The average Bonchev–Trinajstić information content (AvgIpc) is 2.97. The van der Waals surface area contributed by atoms with Crippen LogP contribution < -0.4 is 10.2 Å². The number of rotatable bonds is 3. The van der Waals surface area contributed by atoms with Gasteiger partial charge in [0.2, 0.25) is 0 Å². The molecule has 1 heterocycles. The SMILES string of the molecule is CC1=C(C(=O)Nc2c(F)c(F)cc(F)c2F)CC(C)N1c1ccccc1C(F)(F)F. The van der Waals surface area contributed by atoms with Gasteiger partial charge in [-0.15, -0.1) is 0 Å². The van der Waals surface area contributed by atoms with Crippen LogP contribution in [0.5, 0.6) is 0 Å². The molecule has 0 spiro atoms. The third-order valence-electron chi connectivity index (χ3n) is 4.83. The Balaban J connectivity index is 2.00. The minimum Gasteiger partial charge on any atom is -0.341 e. The summed E-state index contributed by atoms with van der Waals surface area (Å²) in [5, 5.41) is 1.79. The second-order valence-corrected chi connectivity index (χ2v) is 6.80. The van der Waals surface area contributed by atoms with Gasteiger partial charge in [0.15, 0.2) is 23.3 Å². The van der Waals surface area contributed by atoms with Crippen molar-refractivity contribution in [3.05, 3.63) is 70.4 Å². The Morgan fingerprint density at radius 2 is 1.63 bits per heavy atom. The van der Waals surface area contributed by atoms with Crippen LogP contribution in [-0.2, 0) is 11.0 Å². The van der Waals surface area contributed by atoms with Gasteiger partial charge < -0.3 is 10.2 Å². The number of hydrogen-bond acceptors (Lipinski definition) is 2. The van der Waals surface area contributed by atoms with Gasteiger partial charge in [-0.25, -0.2) is 17.6 Å². The molecule has 1 unspecified atom stereocenters. The first kappa shape index (κ1) is 21.7. The van der Waals surface area contributed by atoms with E-state index >= 15 is 0 Å². The smallest absolute Gasteiger partial charge is 0.341 e. The Morgan fingerprint density at radius 1 is 1.07 bits per heavy atom. The van der Waals surface area contributed by atoms with Crippen molar-refractivity contribution in [3.8, 4) is 0 Å². The molecule has 0 bridgehead atoms. The van der Waals surface area contributed by atoms with Crippen LogP contribution in [0.1, 0.15) is 25.8 Å². The number of nitrogens with zero attached hydrogens (tertiary/aromatic N) is 1. The number of amides is 1. The molecule has 0 saturated heterocycles. The van der Waals surface area contributed by atoms with E-state index in [0.29, 0.717) is 0 Å². The van der Waals surface area contributed by atoms with E-state index in [9.17, 15) is 35.5 Å². The number of nitrogens with one attached hydrogen (secondary N) is 1. The van der Waals surface area contributed by atoms with E-state index in [0.717, 1.165) is 6.07 Å². The quantitative estimate of drug-likeness (QED) is 0.493. The van der Waals surface area contributed by atoms with Crippen molar-refractivity contribution in [3.63, 3.8) is 0 Å². The number of halogens is 7. The average molecular weight is 432 g/mol. The second kappa shape index (κ2) is 7.66. The van der Waals surface area contributed by atoms with Crippen molar-refractivity contribution in [1.29, 1.82) is 0 Å². The van der Waals surface area contributed by atoms with E-state index in [4.69, 9.17) is 0 Å². The van der Waals surface area contributed by atoms with E-state index < -0.39 is 52.6 Å². The first-order valence-corrected chi connectivity index (χ1v) is 8.73. The van der Waals surface area contributed by atoms with Gasteiger partial charge in [-0.05, 0) is 26.0 Å². The summed E-state index contributed by atoms with van der Waals surface area (Å²) < 4.78 is 94.6. The fourth-order valence-electron chi connectivity index (χ4n) is 3.48. The topological polar surface area (TPSA) is 32.3 Å². The van der Waals surface area contributed by atoms with Gasteiger partial charge in [-0.2, -0.15) is 13.2 Å². The van der Waals surface area contributed by atoms with E-state index in [1.807, 2.05) is 0 Å². The van der Waals surface area contributed by atoms with Gasteiger partial charge in [0.05, 0.1) is 11.3 Å². The number of carbonyl (C=O) groups is 1. The van der Waals surface area contributed by atoms with Crippen molar-refractivity contribution in [2.75, 3.05) is 10.2 Å². The molecule has 0 saturated carbocycles. The number of carbonyl (C=O) groups excluding carboxylic acids is 1. The lowest BCUT2D eigenvalue weighted by Crippen LogP contribution is -2.28. The molecule has 10 heteroatoms. The molecule has 0 fully saturated rings. The number of alkyl halides is 3. The maximum atomic E-state index is 13.8. The van der Waals surface area contributed by atoms with E-state index in [2.05, 4.69) is 0 Å². The molecule has 1 amide bonds. The largest absolute Gasteiger partial charge is 0.418 e. The van der Waals surface area contributed by atoms with Crippen molar-refractivity contribution in [2.45, 2.75) is 32.5 Å². The predicted molar refractivity (Wildman–Crippen MR) is 95.6 cm³/mol. The Labute approximate surface area is 166 Å². The summed E-state index contributed by atoms with van der Waals surface area (Å²) in [6.07, 6.45) is -4.70. The highest BCUT2D eigenvalue weighted by atomic mass is 19.4. The molecule has 0 aromatic heterocycles. The molecule has 30 heavy (non-hydrogen) atoms. The minimum atomic E-state index is -4.65. The van der Waals surface area contributed by atoms with Crippen LogP contribution in [0.4, 0.5) is 42.1 Å². The van der Waals surface area contributed by atoms with Crippen molar-refractivity contribution in [2.24, 2.45) is 0 Å². The maximum absolute atomic E-state index is 13.8. The molecule has 1 aliphatic heterocycles. The third kappa shape index (κ3) is 3.73. The lowest BCUT2D eigenvalue weighted by Gasteiger charge is -2.28. The third-order valence-corrected chi connectivity index (χ3v) is 4.83. The molecule has 2 aromatic rings. The summed E-state index contributed by atoms with van der Waals surface area (Å²) >= 11 is 0. The van der Waals surface area contributed by atoms with Crippen LogP contribution in [-0.4, -0.2) is 11.9 Å². The summed E-state index contributed by atoms with van der Waals surface area (Å²) in [4.78, 5) is 13.8. The van der Waals surface area contributed by atoms with Gasteiger partial charge in [-0.3, -0.25) is 4.79 Å². The minimum absolute atomic E-state index is 0.00170. The van der Waals surface area contributed by atoms with Crippen molar-refractivity contribution in [1.82, 2.24) is 0 Å². The zero-order chi connectivity index (χ0) is 22.4. The molecule has 2 aromatic carbocycles. The Kier molecular flexibility index (Phi) is 5.53. The van der Waals surface area contributed by atoms with Gasteiger partial charge in [0.1, 0.15) is 5.69 Å². The molecule has 160 valence electrons. The first-order chi connectivity index (χ1) is 13.9. The van der Waals surface area contributed by atoms with Gasteiger partial charge >= 0.3 is 6.18 Å². The lowest BCUT2D eigenvalue weighted by molar-refractivity contribution is -0.137. The lowest BCUT2D eigenvalue weighted by atomic mass is 10.1. The number of allylic oxidation sites excluding steroid dienone is 1. The number of anilines is 2. The zero-order valence-corrected chi connectivity index (χ0v) is 15.7. The number of benzene rings is 2. The molecule has 0 radical (unpaired) electrons. The molecular formula is C20H15F7N2O. The standard InChI is InChI=1S/C20H15F7N2O/c1-9-7-11(19(30)28-18-16(23)13(21)8-14(22)17(18)24)10(2)29(9)15-6-4-3-5-12(15)20(25,26)27/h3-6,8-9H,7H2,1-2H3,(H,28,30). The predicted octanol–water partition coefficient (Wildman–Crippen LogP) is 5.77.